The molecular weight excluding hydrogens is 383 g/mol. The molecule has 0 saturated heterocycles. The van der Waals surface area contributed by atoms with Crippen LogP contribution in [0.25, 0.3) is 22.2 Å². The van der Waals surface area contributed by atoms with Gasteiger partial charge in [0.2, 0.25) is 5.95 Å². The fourth-order valence-electron chi connectivity index (χ4n) is 2.88. The third kappa shape index (κ3) is 4.40. The first-order chi connectivity index (χ1) is 13.0. The van der Waals surface area contributed by atoms with E-state index >= 15 is 0 Å². The van der Waals surface area contributed by atoms with Crippen molar-refractivity contribution in [2.45, 2.75) is 13.8 Å². The fourth-order valence-corrected chi connectivity index (χ4v) is 3.48. The number of aromatic nitrogens is 3. The van der Waals surface area contributed by atoms with E-state index in [0.717, 1.165) is 31.6 Å². The van der Waals surface area contributed by atoms with E-state index < -0.39 is 0 Å². The number of rotatable bonds is 7. The maximum absolute atomic E-state index is 6.31. The molecule has 2 heterocycles. The number of benzene rings is 1. The molecule has 0 unspecified atom stereocenters. The Morgan fingerprint density at radius 1 is 1.11 bits per heavy atom. The maximum atomic E-state index is 6.31. The van der Waals surface area contributed by atoms with Gasteiger partial charge in [0.05, 0.1) is 10.0 Å². The van der Waals surface area contributed by atoms with Crippen LogP contribution in [0.2, 0.25) is 10.0 Å². The number of nitrogens with zero attached hydrogens (tertiary/aromatic N) is 4. The van der Waals surface area contributed by atoms with E-state index in [9.17, 15) is 0 Å². The molecule has 27 heavy (non-hydrogen) atoms. The number of pyridine rings is 1. The Kier molecular flexibility index (Phi) is 6.31. The molecule has 0 amide bonds. The summed E-state index contributed by atoms with van der Waals surface area (Å²) in [6.07, 6.45) is 1.72. The highest BCUT2D eigenvalue weighted by Gasteiger charge is 2.14. The van der Waals surface area contributed by atoms with E-state index in [0.29, 0.717) is 38.6 Å². The molecule has 3 N–H and O–H groups in total. The zero-order chi connectivity index (χ0) is 19.4. The molecule has 0 aliphatic rings. The smallest absolute Gasteiger partial charge is 0.224 e. The second kappa shape index (κ2) is 8.69. The number of likely N-dealkylation sites (N-methyl/N-ethyl adjacent to an activating group) is 1. The first kappa shape index (κ1) is 19.6. The minimum Gasteiger partial charge on any atom is -0.383 e. The highest BCUT2D eigenvalue weighted by atomic mass is 35.5. The lowest BCUT2D eigenvalue weighted by Gasteiger charge is -2.17. The van der Waals surface area contributed by atoms with Crippen LogP contribution in [0.3, 0.4) is 0 Å². The zero-order valence-electron chi connectivity index (χ0n) is 15.3. The average Bonchev–Trinajstić information content (AvgIpc) is 2.65. The quantitative estimate of drug-likeness (QED) is 0.609. The molecule has 0 fully saturated rings. The van der Waals surface area contributed by atoms with Crippen molar-refractivity contribution in [3.05, 3.63) is 40.5 Å². The van der Waals surface area contributed by atoms with Crippen molar-refractivity contribution in [2.24, 2.45) is 0 Å². The van der Waals surface area contributed by atoms with E-state index in [1.165, 1.54) is 0 Å². The van der Waals surface area contributed by atoms with E-state index in [1.807, 2.05) is 6.07 Å². The van der Waals surface area contributed by atoms with E-state index in [-0.39, 0.29) is 0 Å². The fraction of sp³-hybridized carbons (Fsp3) is 0.316. The molecule has 0 aliphatic carbocycles. The lowest BCUT2D eigenvalue weighted by Crippen LogP contribution is -2.28. The van der Waals surface area contributed by atoms with Gasteiger partial charge in [-0.05, 0) is 31.3 Å². The summed E-state index contributed by atoms with van der Waals surface area (Å²) in [4.78, 5) is 15.6. The van der Waals surface area contributed by atoms with Gasteiger partial charge in [-0.15, -0.1) is 0 Å². The molecule has 2 aromatic heterocycles. The highest BCUT2D eigenvalue weighted by Crippen LogP contribution is 2.38. The van der Waals surface area contributed by atoms with Gasteiger partial charge in [-0.1, -0.05) is 43.1 Å². The summed E-state index contributed by atoms with van der Waals surface area (Å²) in [7, 11) is 0. The molecule has 8 heteroatoms. The highest BCUT2D eigenvalue weighted by molar-refractivity contribution is 6.39. The van der Waals surface area contributed by atoms with Crippen molar-refractivity contribution in [1.82, 2.24) is 19.9 Å². The number of hydrogen-bond acceptors (Lipinski definition) is 6. The van der Waals surface area contributed by atoms with Gasteiger partial charge in [-0.25, -0.2) is 9.97 Å². The van der Waals surface area contributed by atoms with Gasteiger partial charge in [-0.2, -0.15) is 4.98 Å². The predicted molar refractivity (Wildman–Crippen MR) is 113 cm³/mol. The molecule has 1 aromatic carbocycles. The van der Waals surface area contributed by atoms with Crippen LogP contribution in [-0.2, 0) is 0 Å². The summed E-state index contributed by atoms with van der Waals surface area (Å²) in [6.45, 7) is 8.01. The lowest BCUT2D eigenvalue weighted by atomic mass is 10.1. The van der Waals surface area contributed by atoms with Crippen molar-refractivity contribution in [3.8, 4) is 11.1 Å². The van der Waals surface area contributed by atoms with E-state index in [4.69, 9.17) is 28.9 Å². The molecule has 142 valence electrons. The second-order valence-electron chi connectivity index (χ2n) is 6.08. The number of nitrogens with two attached hydrogens (primary N) is 1. The zero-order valence-corrected chi connectivity index (χ0v) is 16.8. The van der Waals surface area contributed by atoms with Crippen molar-refractivity contribution >= 4 is 46.0 Å². The van der Waals surface area contributed by atoms with Crippen molar-refractivity contribution < 1.29 is 0 Å². The molecule has 0 saturated carbocycles. The van der Waals surface area contributed by atoms with Crippen molar-refractivity contribution in [3.63, 3.8) is 0 Å². The van der Waals surface area contributed by atoms with Gasteiger partial charge in [0.25, 0.3) is 0 Å². The normalized spacial score (nSPS) is 11.3. The van der Waals surface area contributed by atoms with Crippen LogP contribution >= 0.6 is 23.2 Å². The standard InChI is InChI=1S/C19H22Cl2N6/c1-3-27(4-2)9-8-23-19-24-11-12-10-13(17(22)25-18(12)26-19)16-14(20)6-5-7-15(16)21/h5-7,10-11H,3-4,8-9H2,1-2H3,(H3,22,23,24,25,26). The number of anilines is 2. The van der Waals surface area contributed by atoms with Crippen LogP contribution in [-0.4, -0.2) is 46.0 Å². The molecule has 3 rings (SSSR count). The monoisotopic (exact) mass is 404 g/mol. The predicted octanol–water partition coefficient (Wildman–Crippen LogP) is 4.33. The molecule has 6 nitrogen and oxygen atoms in total. The van der Waals surface area contributed by atoms with Crippen molar-refractivity contribution in [1.29, 1.82) is 0 Å². The van der Waals surface area contributed by atoms with Crippen LogP contribution < -0.4 is 11.1 Å². The molecular formula is C19H22Cl2N6. The van der Waals surface area contributed by atoms with Crippen LogP contribution in [0.1, 0.15) is 13.8 Å². The summed E-state index contributed by atoms with van der Waals surface area (Å²) in [6, 6.07) is 7.19. The number of hydrogen-bond donors (Lipinski definition) is 2. The van der Waals surface area contributed by atoms with Crippen LogP contribution in [0.5, 0.6) is 0 Å². The van der Waals surface area contributed by atoms with Crippen LogP contribution in [0.15, 0.2) is 30.5 Å². The first-order valence-electron chi connectivity index (χ1n) is 8.87. The Morgan fingerprint density at radius 3 is 2.48 bits per heavy atom. The molecule has 0 aliphatic heterocycles. The first-order valence-corrected chi connectivity index (χ1v) is 9.63. The maximum Gasteiger partial charge on any atom is 0.224 e. The largest absolute Gasteiger partial charge is 0.383 e. The van der Waals surface area contributed by atoms with Gasteiger partial charge in [0.15, 0.2) is 5.65 Å². The van der Waals surface area contributed by atoms with E-state index in [2.05, 4.69) is 39.0 Å². The van der Waals surface area contributed by atoms with Crippen molar-refractivity contribution in [2.75, 3.05) is 37.2 Å². The van der Waals surface area contributed by atoms with Gasteiger partial charge in [-0.3, -0.25) is 0 Å². The minimum atomic E-state index is 0.324. The van der Waals surface area contributed by atoms with E-state index in [1.54, 1.807) is 24.4 Å². The van der Waals surface area contributed by atoms with Crippen LogP contribution in [0, 0.1) is 0 Å². The number of halogens is 2. The van der Waals surface area contributed by atoms with Gasteiger partial charge in [0.1, 0.15) is 5.82 Å². The summed E-state index contributed by atoms with van der Waals surface area (Å²) in [5.74, 6) is 0.857. The van der Waals surface area contributed by atoms with Crippen LogP contribution in [0.4, 0.5) is 11.8 Å². The Hall–Kier alpha value is -2.15. The Morgan fingerprint density at radius 2 is 1.81 bits per heavy atom. The van der Waals surface area contributed by atoms with Gasteiger partial charge in [0, 0.05) is 35.8 Å². The molecule has 0 radical (unpaired) electrons. The molecule has 0 spiro atoms. The number of nitrogen functional groups attached to an aromatic ring is 1. The third-order valence-corrected chi connectivity index (χ3v) is 5.07. The summed E-state index contributed by atoms with van der Waals surface area (Å²) < 4.78 is 0. The summed E-state index contributed by atoms with van der Waals surface area (Å²) in [5.41, 5.74) is 8.03. The number of fused-ring (bicyclic) bond motifs is 1. The van der Waals surface area contributed by atoms with Gasteiger partial charge >= 0.3 is 0 Å². The molecule has 0 bridgehead atoms. The SMILES string of the molecule is CCN(CC)CCNc1ncc2cc(-c3c(Cl)cccc3Cl)c(N)nc2n1. The Labute approximate surface area is 168 Å². The molecule has 0 atom stereocenters. The topological polar surface area (TPSA) is 80.0 Å². The number of nitrogens with one attached hydrogen (secondary N) is 1. The van der Waals surface area contributed by atoms with Gasteiger partial charge < -0.3 is 16.0 Å². The summed E-state index contributed by atoms with van der Waals surface area (Å²) in [5, 5.41) is 5.04. The lowest BCUT2D eigenvalue weighted by molar-refractivity contribution is 0.316. The summed E-state index contributed by atoms with van der Waals surface area (Å²) >= 11 is 12.6. The second-order valence-corrected chi connectivity index (χ2v) is 6.89. The third-order valence-electron chi connectivity index (χ3n) is 4.44. The molecule has 3 aromatic rings. The Balaban J connectivity index is 1.87. The Bertz CT molecular complexity index is 923. The average molecular weight is 405 g/mol. The minimum absolute atomic E-state index is 0.324.